The Balaban J connectivity index is 1.21. The van der Waals surface area contributed by atoms with Gasteiger partial charge in [-0.1, -0.05) is 0 Å². The molecule has 3 fully saturated rings. The zero-order chi connectivity index (χ0) is 29.1. The Kier molecular flexibility index (Phi) is 8.49. The molecule has 0 unspecified atom stereocenters. The van der Waals surface area contributed by atoms with Gasteiger partial charge in [-0.2, -0.15) is 0 Å². The molecule has 4 heterocycles. The molecule has 0 spiro atoms. The van der Waals surface area contributed by atoms with Gasteiger partial charge in [-0.05, 0) is 19.2 Å². The Morgan fingerprint density at radius 1 is 1.05 bits per heavy atom. The molecule has 0 saturated carbocycles. The van der Waals surface area contributed by atoms with Crippen molar-refractivity contribution in [1.29, 1.82) is 0 Å². The number of aromatic nitrogens is 1. The van der Waals surface area contributed by atoms with Crippen molar-refractivity contribution in [2.24, 2.45) is 0 Å². The topological polar surface area (TPSA) is 114 Å². The first-order valence-electron chi connectivity index (χ1n) is 13.6. The van der Waals surface area contributed by atoms with Crippen LogP contribution in [-0.4, -0.2) is 111 Å². The number of ether oxygens (including phenoxy) is 1. The Bertz CT molecular complexity index is 1270. The number of hydrogen-bond acceptors (Lipinski definition) is 9. The fraction of sp³-hybridized carbons (Fsp3) is 0.481. The molecule has 41 heavy (non-hydrogen) atoms. The summed E-state index contributed by atoms with van der Waals surface area (Å²) in [6.45, 7) is 6.04. The van der Waals surface area contributed by atoms with Gasteiger partial charge in [0.15, 0.2) is 11.6 Å². The van der Waals surface area contributed by atoms with Gasteiger partial charge in [-0.15, -0.1) is 0 Å². The van der Waals surface area contributed by atoms with Gasteiger partial charge in [0.05, 0.1) is 30.9 Å². The van der Waals surface area contributed by atoms with E-state index < -0.39 is 23.8 Å². The number of piperazine rings is 1. The highest BCUT2D eigenvalue weighted by Gasteiger charge is 2.34. The lowest BCUT2D eigenvalue weighted by atomic mass is 10.2. The van der Waals surface area contributed by atoms with Crippen molar-refractivity contribution in [2.45, 2.75) is 13.0 Å². The van der Waals surface area contributed by atoms with Gasteiger partial charge in [0.25, 0.3) is 5.91 Å². The van der Waals surface area contributed by atoms with Gasteiger partial charge in [0, 0.05) is 71.1 Å². The third kappa shape index (κ3) is 6.49. The molecule has 3 amide bonds. The minimum absolute atomic E-state index is 0.0244. The first kappa shape index (κ1) is 28.5. The summed E-state index contributed by atoms with van der Waals surface area (Å²) in [5, 5.41) is 4.00. The minimum atomic E-state index is -0.832. The molecule has 5 rings (SSSR count). The maximum Gasteiger partial charge on any atom is 0.414 e. The quantitative estimate of drug-likeness (QED) is 0.524. The van der Waals surface area contributed by atoms with Crippen molar-refractivity contribution in [1.82, 2.24) is 25.6 Å². The van der Waals surface area contributed by atoms with Crippen LogP contribution in [0.25, 0.3) is 0 Å². The summed E-state index contributed by atoms with van der Waals surface area (Å²) < 4.78 is 35.7. The number of halogens is 2. The standard InChI is InChI=1S/C27H34F2N8O4/c1-18(38)30-16-21-17-36(27(40)41-21)20-13-22(28)25(23(29)14-20)35-6-5-32-37(12-11-35)26(39)19-3-4-24(31-15-19)34-9-7-33(2)8-10-34/h3-4,13-15,21,32H,5-12,16-17H2,1-2H3,(H,30,38)/t21-/m0/s1. The Morgan fingerprint density at radius 3 is 2.41 bits per heavy atom. The number of amides is 3. The average Bonchev–Trinajstić information content (AvgIpc) is 3.16. The summed E-state index contributed by atoms with van der Waals surface area (Å²) in [4.78, 5) is 48.2. The maximum absolute atomic E-state index is 15.3. The molecule has 3 aliphatic rings. The number of pyridine rings is 1. The first-order chi connectivity index (χ1) is 19.7. The van der Waals surface area contributed by atoms with E-state index in [1.165, 1.54) is 16.8 Å². The number of nitrogens with one attached hydrogen (secondary N) is 2. The van der Waals surface area contributed by atoms with Crippen LogP contribution in [0, 0.1) is 11.6 Å². The number of likely N-dealkylation sites (N-methyl/N-ethyl adjacent to an activating group) is 1. The Morgan fingerprint density at radius 2 is 1.76 bits per heavy atom. The smallest absolute Gasteiger partial charge is 0.414 e. The van der Waals surface area contributed by atoms with Crippen LogP contribution < -0.4 is 25.4 Å². The fourth-order valence-electron chi connectivity index (χ4n) is 5.13. The molecule has 3 saturated heterocycles. The molecular formula is C27H34F2N8O4. The fourth-order valence-corrected chi connectivity index (χ4v) is 5.13. The highest BCUT2D eigenvalue weighted by molar-refractivity contribution is 5.94. The summed E-state index contributed by atoms with van der Waals surface area (Å²) in [5.41, 5.74) is 3.25. The van der Waals surface area contributed by atoms with Crippen molar-refractivity contribution >= 4 is 35.1 Å². The monoisotopic (exact) mass is 572 g/mol. The molecule has 2 N–H and O–H groups in total. The summed E-state index contributed by atoms with van der Waals surface area (Å²) in [6, 6.07) is 5.77. The number of benzene rings is 1. The van der Waals surface area contributed by atoms with Crippen LogP contribution in [0.1, 0.15) is 17.3 Å². The van der Waals surface area contributed by atoms with Crippen LogP contribution in [0.5, 0.6) is 0 Å². The van der Waals surface area contributed by atoms with Gasteiger partial charge in [0.1, 0.15) is 17.6 Å². The zero-order valence-corrected chi connectivity index (χ0v) is 23.1. The molecule has 0 radical (unpaired) electrons. The molecule has 14 heteroatoms. The molecule has 220 valence electrons. The molecule has 12 nitrogen and oxygen atoms in total. The molecule has 0 aliphatic carbocycles. The predicted octanol–water partition coefficient (Wildman–Crippen LogP) is 1.04. The predicted molar refractivity (Wildman–Crippen MR) is 148 cm³/mol. The van der Waals surface area contributed by atoms with Crippen LogP contribution in [0.3, 0.4) is 0 Å². The van der Waals surface area contributed by atoms with E-state index in [-0.39, 0.29) is 62.5 Å². The van der Waals surface area contributed by atoms with Crippen molar-refractivity contribution in [2.75, 3.05) is 87.2 Å². The third-order valence-electron chi connectivity index (χ3n) is 7.43. The highest BCUT2D eigenvalue weighted by Crippen LogP contribution is 2.31. The second-order valence-electron chi connectivity index (χ2n) is 10.4. The van der Waals surface area contributed by atoms with Crippen LogP contribution in [0.4, 0.5) is 30.8 Å². The summed E-state index contributed by atoms with van der Waals surface area (Å²) >= 11 is 0. The lowest BCUT2D eigenvalue weighted by molar-refractivity contribution is -0.119. The van der Waals surface area contributed by atoms with Crippen molar-refractivity contribution < 1.29 is 27.9 Å². The van der Waals surface area contributed by atoms with E-state index in [2.05, 4.69) is 32.6 Å². The minimum Gasteiger partial charge on any atom is -0.442 e. The normalized spacial score (nSPS) is 20.2. The maximum atomic E-state index is 15.3. The summed E-state index contributed by atoms with van der Waals surface area (Å²) in [6.07, 6.45) is 0.185. The van der Waals surface area contributed by atoms with E-state index in [0.717, 1.165) is 49.0 Å². The SMILES string of the molecule is CC(=O)NC[C@H]1CN(c2cc(F)c(N3CCNN(C(=O)c4ccc(N5CCN(C)CC5)nc4)CC3)c(F)c2)C(=O)O1. The Hall–Kier alpha value is -4.04. The lowest BCUT2D eigenvalue weighted by Crippen LogP contribution is -2.45. The number of hydrazine groups is 1. The van der Waals surface area contributed by atoms with E-state index >= 15 is 8.78 Å². The molecule has 1 atom stereocenters. The van der Waals surface area contributed by atoms with Crippen molar-refractivity contribution in [3.8, 4) is 0 Å². The average molecular weight is 573 g/mol. The van der Waals surface area contributed by atoms with E-state index in [9.17, 15) is 14.4 Å². The van der Waals surface area contributed by atoms with Crippen molar-refractivity contribution in [3.63, 3.8) is 0 Å². The van der Waals surface area contributed by atoms with Gasteiger partial charge in [-0.25, -0.2) is 24.0 Å². The van der Waals surface area contributed by atoms with E-state index in [1.807, 2.05) is 6.07 Å². The van der Waals surface area contributed by atoms with Crippen LogP contribution in [0.15, 0.2) is 30.5 Å². The molecular weight excluding hydrogens is 538 g/mol. The molecule has 3 aliphatic heterocycles. The molecule has 0 bridgehead atoms. The van der Waals surface area contributed by atoms with E-state index in [1.54, 1.807) is 12.3 Å². The summed E-state index contributed by atoms with van der Waals surface area (Å²) in [5.74, 6) is -1.39. The summed E-state index contributed by atoms with van der Waals surface area (Å²) in [7, 11) is 2.08. The van der Waals surface area contributed by atoms with E-state index in [4.69, 9.17) is 4.74 Å². The van der Waals surface area contributed by atoms with Crippen LogP contribution in [-0.2, 0) is 9.53 Å². The molecule has 2 aromatic rings. The third-order valence-corrected chi connectivity index (χ3v) is 7.43. The van der Waals surface area contributed by atoms with Gasteiger partial charge in [0.2, 0.25) is 5.91 Å². The molecule has 1 aromatic heterocycles. The zero-order valence-electron chi connectivity index (χ0n) is 23.1. The number of carbonyl (C=O) groups is 3. The highest BCUT2D eigenvalue weighted by atomic mass is 19.1. The number of cyclic esters (lactones) is 1. The second-order valence-corrected chi connectivity index (χ2v) is 10.4. The number of anilines is 3. The lowest BCUT2D eigenvalue weighted by Gasteiger charge is -2.33. The largest absolute Gasteiger partial charge is 0.442 e. The second kappa shape index (κ2) is 12.2. The van der Waals surface area contributed by atoms with Gasteiger partial charge in [-0.3, -0.25) is 19.5 Å². The number of hydrogen-bond donors (Lipinski definition) is 2. The van der Waals surface area contributed by atoms with Gasteiger partial charge < -0.3 is 24.8 Å². The number of nitrogens with zero attached hydrogens (tertiary/aromatic N) is 6. The first-order valence-corrected chi connectivity index (χ1v) is 13.6. The molecule has 1 aromatic carbocycles. The van der Waals surface area contributed by atoms with Crippen molar-refractivity contribution in [3.05, 3.63) is 47.7 Å². The number of carbonyl (C=O) groups excluding carboxylic acids is 3. The van der Waals surface area contributed by atoms with Gasteiger partial charge >= 0.3 is 6.09 Å². The number of rotatable bonds is 6. The van der Waals surface area contributed by atoms with E-state index in [0.29, 0.717) is 5.56 Å². The van der Waals surface area contributed by atoms with Crippen LogP contribution in [0.2, 0.25) is 0 Å². The van der Waals surface area contributed by atoms with Crippen LogP contribution >= 0.6 is 0 Å². The Labute approximate surface area is 236 Å².